The Bertz CT molecular complexity index is 1480. The number of unbranched alkanes of at least 4 members (excludes halogenated alkanes) is 2. The molecule has 3 aromatic rings. The molecule has 5 rings (SSSR count). The number of aliphatic carboxylic acids is 1. The molecule has 1 heterocycles. The maximum Gasteiger partial charge on any atom is 0.303 e. The van der Waals surface area contributed by atoms with Crippen LogP contribution < -0.4 is 15.0 Å². The number of halogens is 1. The summed E-state index contributed by atoms with van der Waals surface area (Å²) in [5, 5.41) is 12.8. The monoisotopic (exact) mass is 570 g/mol. The van der Waals surface area contributed by atoms with Crippen molar-refractivity contribution in [2.75, 3.05) is 16.8 Å². The van der Waals surface area contributed by atoms with Gasteiger partial charge in [0.05, 0.1) is 30.4 Å². The third kappa shape index (κ3) is 6.38. The van der Waals surface area contributed by atoms with Crippen molar-refractivity contribution in [3.05, 3.63) is 101 Å². The van der Waals surface area contributed by atoms with Gasteiger partial charge in [0.2, 0.25) is 5.91 Å². The van der Waals surface area contributed by atoms with E-state index in [2.05, 4.69) is 12.2 Å². The van der Waals surface area contributed by atoms with E-state index in [4.69, 9.17) is 4.74 Å². The molecule has 7 nitrogen and oxygen atoms in total. The number of carboxylic acids is 1. The lowest BCUT2D eigenvalue weighted by atomic mass is 9.78. The number of ether oxygens (including phenoxy) is 1. The summed E-state index contributed by atoms with van der Waals surface area (Å²) in [7, 11) is 0. The second-order valence-corrected chi connectivity index (χ2v) is 10.8. The summed E-state index contributed by atoms with van der Waals surface area (Å²) in [4.78, 5) is 40.8. The molecule has 0 saturated heterocycles. The normalized spacial score (nSPS) is 18.0. The number of nitrogens with zero attached hydrogens (tertiary/aromatic N) is 1. The summed E-state index contributed by atoms with van der Waals surface area (Å²) in [5.41, 5.74) is 3.99. The summed E-state index contributed by atoms with van der Waals surface area (Å²) < 4.78 is 19.6. The Morgan fingerprint density at radius 2 is 1.67 bits per heavy atom. The molecule has 0 unspecified atom stereocenters. The summed E-state index contributed by atoms with van der Waals surface area (Å²) in [6.45, 7) is 2.74. The highest BCUT2D eigenvalue weighted by Crippen LogP contribution is 2.47. The molecule has 2 N–H and O–H groups in total. The molecule has 0 aromatic heterocycles. The van der Waals surface area contributed by atoms with Gasteiger partial charge in [0.25, 0.3) is 0 Å². The zero-order valence-corrected chi connectivity index (χ0v) is 23.6. The molecule has 42 heavy (non-hydrogen) atoms. The van der Waals surface area contributed by atoms with E-state index in [0.29, 0.717) is 41.4 Å². The van der Waals surface area contributed by atoms with Crippen LogP contribution in [0.3, 0.4) is 0 Å². The van der Waals surface area contributed by atoms with E-state index >= 15 is 0 Å². The molecule has 0 spiro atoms. The van der Waals surface area contributed by atoms with Crippen LogP contribution in [-0.2, 0) is 14.4 Å². The van der Waals surface area contributed by atoms with Crippen molar-refractivity contribution in [2.45, 2.75) is 63.8 Å². The van der Waals surface area contributed by atoms with Crippen molar-refractivity contribution in [1.29, 1.82) is 0 Å². The summed E-state index contributed by atoms with van der Waals surface area (Å²) >= 11 is 0. The number of anilines is 2. The summed E-state index contributed by atoms with van der Waals surface area (Å²) in [5.74, 6) is -1.38. The van der Waals surface area contributed by atoms with Crippen LogP contribution in [0.1, 0.15) is 75.0 Å². The number of ketones is 1. The number of nitrogens with one attached hydrogen (secondary N) is 1. The van der Waals surface area contributed by atoms with E-state index in [9.17, 15) is 23.9 Å². The van der Waals surface area contributed by atoms with Crippen LogP contribution in [0.2, 0.25) is 0 Å². The van der Waals surface area contributed by atoms with Gasteiger partial charge >= 0.3 is 5.97 Å². The first-order valence-electron chi connectivity index (χ1n) is 14.5. The topological polar surface area (TPSA) is 95.9 Å². The second kappa shape index (κ2) is 13.0. The van der Waals surface area contributed by atoms with Gasteiger partial charge in [0.1, 0.15) is 11.6 Å². The minimum atomic E-state index is -1.07. The third-order valence-corrected chi connectivity index (χ3v) is 7.86. The first-order valence-corrected chi connectivity index (χ1v) is 14.5. The maximum atomic E-state index is 14.0. The van der Waals surface area contributed by atoms with Crippen LogP contribution in [-0.4, -0.2) is 29.4 Å². The number of carbonyl (C=O) groups excluding carboxylic acids is 2. The number of amides is 1. The molecule has 2 aliphatic rings. The number of Topliss-reactive ketones (excluding diaryl/α,β-unsaturated/α-hetero) is 1. The average Bonchev–Trinajstić information content (AvgIpc) is 3.13. The van der Waals surface area contributed by atoms with Gasteiger partial charge < -0.3 is 15.2 Å². The zero-order valence-electron chi connectivity index (χ0n) is 23.6. The van der Waals surface area contributed by atoms with E-state index < -0.39 is 17.9 Å². The van der Waals surface area contributed by atoms with Crippen LogP contribution in [0, 0.1) is 5.82 Å². The molecule has 8 heteroatoms. The fourth-order valence-electron chi connectivity index (χ4n) is 5.77. The number of carboxylic acid groups (broad SMARTS) is 1. The molecule has 0 bridgehead atoms. The molecule has 3 aromatic carbocycles. The zero-order chi connectivity index (χ0) is 29.6. The van der Waals surface area contributed by atoms with Gasteiger partial charge in [-0.15, -0.1) is 0 Å². The number of benzene rings is 3. The predicted octanol–water partition coefficient (Wildman–Crippen LogP) is 7.16. The van der Waals surface area contributed by atoms with Gasteiger partial charge in [-0.25, -0.2) is 4.39 Å². The van der Waals surface area contributed by atoms with Gasteiger partial charge in [-0.3, -0.25) is 19.3 Å². The van der Waals surface area contributed by atoms with E-state index in [1.165, 1.54) is 12.1 Å². The molecule has 2 atom stereocenters. The van der Waals surface area contributed by atoms with Crippen LogP contribution in [0.25, 0.3) is 0 Å². The van der Waals surface area contributed by atoms with Crippen molar-refractivity contribution < 1.29 is 28.6 Å². The first-order chi connectivity index (χ1) is 20.4. The SMILES string of the molecule is CCCCCOc1ccc([C@H]2C3=C(C[C@H](c4ccc(F)cc4)CC3=O)Nc3ccccc3N2C(=O)CCC(=O)O)cc1. The molecular weight excluding hydrogens is 535 g/mol. The van der Waals surface area contributed by atoms with Crippen molar-refractivity contribution in [1.82, 2.24) is 0 Å². The Morgan fingerprint density at radius 1 is 0.952 bits per heavy atom. The Hall–Kier alpha value is -4.46. The highest BCUT2D eigenvalue weighted by atomic mass is 19.1. The third-order valence-electron chi connectivity index (χ3n) is 7.86. The molecule has 0 saturated carbocycles. The van der Waals surface area contributed by atoms with Crippen LogP contribution in [0.5, 0.6) is 5.75 Å². The number of para-hydroxylation sites is 2. The van der Waals surface area contributed by atoms with Gasteiger partial charge in [0.15, 0.2) is 5.78 Å². The number of hydrogen-bond donors (Lipinski definition) is 2. The fraction of sp³-hybridized carbons (Fsp3) is 0.324. The number of carbonyl (C=O) groups is 3. The lowest BCUT2D eigenvalue weighted by molar-refractivity contribution is -0.138. The van der Waals surface area contributed by atoms with Crippen molar-refractivity contribution in [3.63, 3.8) is 0 Å². The highest BCUT2D eigenvalue weighted by molar-refractivity contribution is 6.06. The lowest BCUT2D eigenvalue weighted by Crippen LogP contribution is -2.38. The van der Waals surface area contributed by atoms with Crippen LogP contribution >= 0.6 is 0 Å². The second-order valence-electron chi connectivity index (χ2n) is 10.8. The van der Waals surface area contributed by atoms with Crippen LogP contribution in [0.4, 0.5) is 15.8 Å². The molecule has 1 aliphatic heterocycles. The maximum absolute atomic E-state index is 14.0. The quantitative estimate of drug-likeness (QED) is 0.251. The Morgan fingerprint density at radius 3 is 2.38 bits per heavy atom. The van der Waals surface area contributed by atoms with Gasteiger partial charge in [-0.2, -0.15) is 0 Å². The van der Waals surface area contributed by atoms with Crippen LogP contribution in [0.15, 0.2) is 84.1 Å². The lowest BCUT2D eigenvalue weighted by Gasteiger charge is -2.35. The summed E-state index contributed by atoms with van der Waals surface area (Å²) in [6.07, 6.45) is 3.29. The van der Waals surface area contributed by atoms with Gasteiger partial charge in [0, 0.05) is 24.1 Å². The van der Waals surface area contributed by atoms with Crippen molar-refractivity contribution in [3.8, 4) is 5.75 Å². The molecule has 0 fully saturated rings. The van der Waals surface area contributed by atoms with Gasteiger partial charge in [-0.1, -0.05) is 56.2 Å². The largest absolute Gasteiger partial charge is 0.494 e. The van der Waals surface area contributed by atoms with E-state index in [-0.39, 0.29) is 36.8 Å². The van der Waals surface area contributed by atoms with Crippen molar-refractivity contribution >= 4 is 29.0 Å². The Kier molecular flexibility index (Phi) is 9.00. The average molecular weight is 571 g/mol. The minimum absolute atomic E-state index is 0.119. The Balaban J connectivity index is 1.59. The summed E-state index contributed by atoms with van der Waals surface area (Å²) in [6, 6.07) is 20.2. The molecular formula is C34H35FN2O5. The smallest absolute Gasteiger partial charge is 0.303 e. The predicted molar refractivity (Wildman–Crippen MR) is 159 cm³/mol. The number of rotatable bonds is 10. The molecule has 0 radical (unpaired) electrons. The minimum Gasteiger partial charge on any atom is -0.494 e. The Labute approximate surface area is 245 Å². The van der Waals surface area contributed by atoms with E-state index in [0.717, 1.165) is 30.4 Å². The molecule has 1 amide bonds. The number of hydrogen-bond acceptors (Lipinski definition) is 5. The first kappa shape index (κ1) is 29.0. The number of allylic oxidation sites excluding steroid dienone is 1. The van der Waals surface area contributed by atoms with E-state index in [1.807, 2.05) is 42.5 Å². The van der Waals surface area contributed by atoms with Gasteiger partial charge in [-0.05, 0) is 66.3 Å². The molecule has 1 aliphatic carbocycles. The van der Waals surface area contributed by atoms with E-state index in [1.54, 1.807) is 23.1 Å². The molecule has 218 valence electrons. The highest BCUT2D eigenvalue weighted by Gasteiger charge is 2.41. The fourth-order valence-corrected chi connectivity index (χ4v) is 5.77. The number of fused-ring (bicyclic) bond motifs is 1. The standard InChI is InChI=1S/C34H35FN2O5/c1-2-3-6-19-42-26-15-11-23(12-16-26)34-33-28(20-24(21-30(33)38)22-9-13-25(35)14-10-22)36-27-7-4-5-8-29(27)37(34)31(39)17-18-32(40)41/h4-5,7-16,24,34,36H,2-3,6,17-21H2,1H3,(H,40,41)/t24-,34-/m0/s1. The van der Waals surface area contributed by atoms with Crippen molar-refractivity contribution in [2.24, 2.45) is 0 Å².